The number of aryl methyl sites for hydroxylation is 2. The molecule has 0 saturated carbocycles. The first-order valence-electron chi connectivity index (χ1n) is 11.6. The highest BCUT2D eigenvalue weighted by Crippen LogP contribution is 2.42. The van der Waals surface area contributed by atoms with E-state index in [9.17, 15) is 26.3 Å². The molecule has 218 valence electrons. The van der Waals surface area contributed by atoms with E-state index in [4.69, 9.17) is 29.0 Å². The van der Waals surface area contributed by atoms with Gasteiger partial charge in [-0.15, -0.1) is 0 Å². The lowest BCUT2D eigenvalue weighted by Gasteiger charge is -2.50. The van der Waals surface area contributed by atoms with Crippen LogP contribution in [-0.2, 0) is 20.9 Å². The average Bonchev–Trinajstić information content (AvgIpc) is 3.41. The summed E-state index contributed by atoms with van der Waals surface area (Å²) >= 11 is 0. The second-order valence-corrected chi connectivity index (χ2v) is 8.96. The summed E-state index contributed by atoms with van der Waals surface area (Å²) in [6, 6.07) is 4.09. The molecule has 10 nitrogen and oxygen atoms in total. The summed E-state index contributed by atoms with van der Waals surface area (Å²) in [5.74, 6) is -2.19. The number of likely N-dealkylation sites (tertiary alicyclic amines) is 1. The smallest absolute Gasteiger partial charge is 0.475 e. The second kappa shape index (κ2) is 13.1. The molecule has 39 heavy (non-hydrogen) atoms. The van der Waals surface area contributed by atoms with Crippen LogP contribution in [0.25, 0.3) is 0 Å². The minimum absolute atomic E-state index is 0.0391. The summed E-state index contributed by atoms with van der Waals surface area (Å²) in [6.07, 6.45) is -4.25. The number of furan rings is 1. The first-order chi connectivity index (χ1) is 18.0. The summed E-state index contributed by atoms with van der Waals surface area (Å²) in [6.45, 7) is 8.62. The molecule has 4 heterocycles. The number of rotatable bonds is 6. The Hall–Kier alpha value is -3.40. The third-order valence-corrected chi connectivity index (χ3v) is 5.80. The Balaban J connectivity index is 0.000000317. The molecule has 0 bridgehead atoms. The van der Waals surface area contributed by atoms with Gasteiger partial charge in [-0.25, -0.2) is 19.6 Å². The average molecular weight is 570 g/mol. The van der Waals surface area contributed by atoms with Gasteiger partial charge in [0.25, 0.3) is 0 Å². The van der Waals surface area contributed by atoms with Gasteiger partial charge >= 0.3 is 24.3 Å². The molecule has 2 aromatic heterocycles. The minimum atomic E-state index is -5.08. The standard InChI is InChI=1S/C19H26N4O2.2C2HF3O2/c1-14-9-21-18(22-10-14)20-7-5-16-6-8-24-19(16)12-23(13-19)11-17-4-3-15(2)25-17;2*3-2(4,5)1(6)7/h3-4,9-10,16H,5-8,11-13H2,1-2H3,(H,20,21,22);2*(H,6,7). The van der Waals surface area contributed by atoms with Crippen molar-refractivity contribution in [3.8, 4) is 0 Å². The van der Waals surface area contributed by atoms with E-state index < -0.39 is 24.3 Å². The Labute approximate surface area is 219 Å². The van der Waals surface area contributed by atoms with Crippen molar-refractivity contribution in [3.05, 3.63) is 41.6 Å². The van der Waals surface area contributed by atoms with Crippen LogP contribution in [0, 0.1) is 19.8 Å². The van der Waals surface area contributed by atoms with Crippen molar-refractivity contribution in [3.63, 3.8) is 0 Å². The van der Waals surface area contributed by atoms with E-state index in [1.54, 1.807) is 0 Å². The maximum Gasteiger partial charge on any atom is 0.490 e. The zero-order chi connectivity index (χ0) is 29.4. The van der Waals surface area contributed by atoms with Gasteiger partial charge in [-0.3, -0.25) is 4.90 Å². The zero-order valence-corrected chi connectivity index (χ0v) is 21.0. The molecule has 2 aromatic rings. The highest BCUT2D eigenvalue weighted by Gasteiger charge is 2.52. The van der Waals surface area contributed by atoms with E-state index in [-0.39, 0.29) is 5.60 Å². The number of halogens is 6. The Morgan fingerprint density at radius 1 is 1.05 bits per heavy atom. The molecule has 3 N–H and O–H groups in total. The third kappa shape index (κ3) is 10.0. The molecule has 0 aliphatic carbocycles. The number of nitrogens with one attached hydrogen (secondary N) is 1. The monoisotopic (exact) mass is 570 g/mol. The number of ether oxygens (including phenoxy) is 1. The summed E-state index contributed by atoms with van der Waals surface area (Å²) in [4.78, 5) is 28.8. The number of carboxylic acids is 2. The molecule has 1 unspecified atom stereocenters. The minimum Gasteiger partial charge on any atom is -0.475 e. The number of aliphatic carboxylic acids is 2. The molecule has 2 saturated heterocycles. The van der Waals surface area contributed by atoms with Gasteiger partial charge in [0.2, 0.25) is 5.95 Å². The summed E-state index contributed by atoms with van der Waals surface area (Å²) in [5, 5.41) is 17.6. The first kappa shape index (κ1) is 31.8. The predicted octanol–water partition coefficient (Wildman–Crippen LogP) is 4.05. The van der Waals surface area contributed by atoms with Gasteiger partial charge in [-0.1, -0.05) is 0 Å². The number of hydrogen-bond acceptors (Lipinski definition) is 8. The van der Waals surface area contributed by atoms with E-state index in [2.05, 4.69) is 26.3 Å². The van der Waals surface area contributed by atoms with Crippen LogP contribution < -0.4 is 5.32 Å². The van der Waals surface area contributed by atoms with Gasteiger partial charge < -0.3 is 24.7 Å². The number of alkyl halides is 6. The van der Waals surface area contributed by atoms with Crippen LogP contribution in [0.15, 0.2) is 28.9 Å². The molecule has 2 aliphatic heterocycles. The molecule has 1 atom stereocenters. The van der Waals surface area contributed by atoms with Crippen molar-refractivity contribution in [2.24, 2.45) is 5.92 Å². The lowest BCUT2D eigenvalue weighted by Crippen LogP contribution is -2.64. The Morgan fingerprint density at radius 2 is 1.59 bits per heavy atom. The molecule has 16 heteroatoms. The third-order valence-electron chi connectivity index (χ3n) is 5.80. The normalized spacial score (nSPS) is 18.3. The van der Waals surface area contributed by atoms with Gasteiger partial charge in [0.05, 0.1) is 12.1 Å². The molecule has 2 aliphatic rings. The SMILES string of the molecule is Cc1cnc(NCCC2CCOC23CN(Cc2ccc(C)o2)C3)nc1.O=C(O)C(F)(F)F.O=C(O)C(F)(F)F. The van der Waals surface area contributed by atoms with E-state index in [0.717, 1.165) is 62.7 Å². The number of aromatic nitrogens is 2. The maximum absolute atomic E-state index is 10.6. The Morgan fingerprint density at radius 3 is 2.05 bits per heavy atom. The lowest BCUT2D eigenvalue weighted by atomic mass is 9.79. The molecule has 0 radical (unpaired) electrons. The van der Waals surface area contributed by atoms with Gasteiger partial charge in [-0.05, 0) is 50.3 Å². The largest absolute Gasteiger partial charge is 0.490 e. The van der Waals surface area contributed by atoms with E-state index in [1.165, 1.54) is 0 Å². The van der Waals surface area contributed by atoms with Crippen LogP contribution in [0.1, 0.15) is 29.9 Å². The maximum atomic E-state index is 10.6. The predicted molar refractivity (Wildman–Crippen MR) is 123 cm³/mol. The molecule has 0 amide bonds. The van der Waals surface area contributed by atoms with E-state index >= 15 is 0 Å². The van der Waals surface area contributed by atoms with Gasteiger partial charge in [0.15, 0.2) is 0 Å². The quantitative estimate of drug-likeness (QED) is 0.436. The van der Waals surface area contributed by atoms with Crippen molar-refractivity contribution in [1.82, 2.24) is 14.9 Å². The number of hydrogen-bond donors (Lipinski definition) is 3. The van der Waals surface area contributed by atoms with Crippen LogP contribution in [0.2, 0.25) is 0 Å². The lowest BCUT2D eigenvalue weighted by molar-refractivity contribution is -0.193. The van der Waals surface area contributed by atoms with Crippen LogP contribution >= 0.6 is 0 Å². The molecule has 2 fully saturated rings. The topological polar surface area (TPSA) is 138 Å². The van der Waals surface area contributed by atoms with E-state index in [0.29, 0.717) is 11.9 Å². The summed E-state index contributed by atoms with van der Waals surface area (Å²) in [5.41, 5.74) is 1.12. The van der Waals surface area contributed by atoms with Gasteiger partial charge in [-0.2, -0.15) is 26.3 Å². The van der Waals surface area contributed by atoms with Crippen LogP contribution in [0.5, 0.6) is 0 Å². The van der Waals surface area contributed by atoms with Crippen molar-refractivity contribution < 1.29 is 55.3 Å². The second-order valence-electron chi connectivity index (χ2n) is 8.96. The highest BCUT2D eigenvalue weighted by atomic mass is 19.4. The van der Waals surface area contributed by atoms with Crippen molar-refractivity contribution in [2.45, 2.75) is 51.2 Å². The molecule has 0 aromatic carbocycles. The molecular formula is C23H28F6N4O6. The molecule has 4 rings (SSSR count). The van der Waals surface area contributed by atoms with Gasteiger partial charge in [0, 0.05) is 38.6 Å². The number of carboxylic acid groups (broad SMARTS) is 2. The Bertz CT molecular complexity index is 1060. The fraction of sp³-hybridized carbons (Fsp3) is 0.565. The van der Waals surface area contributed by atoms with Crippen molar-refractivity contribution >= 4 is 17.9 Å². The molecular weight excluding hydrogens is 542 g/mol. The van der Waals surface area contributed by atoms with E-state index in [1.807, 2.05) is 32.3 Å². The number of nitrogens with zero attached hydrogens (tertiary/aromatic N) is 3. The first-order valence-corrected chi connectivity index (χ1v) is 11.6. The van der Waals surface area contributed by atoms with Crippen molar-refractivity contribution in [1.29, 1.82) is 0 Å². The van der Waals surface area contributed by atoms with Crippen molar-refractivity contribution in [2.75, 3.05) is 31.6 Å². The number of carbonyl (C=O) groups is 2. The molecule has 1 spiro atoms. The summed E-state index contributed by atoms with van der Waals surface area (Å²) in [7, 11) is 0. The highest BCUT2D eigenvalue weighted by molar-refractivity contribution is 5.73. The fourth-order valence-electron chi connectivity index (χ4n) is 4.00. The zero-order valence-electron chi connectivity index (χ0n) is 21.0. The van der Waals surface area contributed by atoms with Crippen LogP contribution in [0.3, 0.4) is 0 Å². The van der Waals surface area contributed by atoms with Crippen LogP contribution in [0.4, 0.5) is 32.3 Å². The Kier molecular flexibility index (Phi) is 10.7. The number of anilines is 1. The van der Waals surface area contributed by atoms with Gasteiger partial charge in [0.1, 0.15) is 11.5 Å². The fourth-order valence-corrected chi connectivity index (χ4v) is 4.00. The van der Waals surface area contributed by atoms with Crippen LogP contribution in [-0.4, -0.2) is 81.2 Å². The summed E-state index contributed by atoms with van der Waals surface area (Å²) < 4.78 is 75.3.